The van der Waals surface area contributed by atoms with Crippen molar-refractivity contribution in [2.45, 2.75) is 32.0 Å². The summed E-state index contributed by atoms with van der Waals surface area (Å²) in [6.07, 6.45) is 1.57. The second-order valence-corrected chi connectivity index (χ2v) is 5.94. The Labute approximate surface area is 88.9 Å². The Hall–Kier alpha value is -0.620. The van der Waals surface area contributed by atoms with Crippen LogP contribution < -0.4 is 0 Å². The Morgan fingerprint density at radius 3 is 2.67 bits per heavy atom. The van der Waals surface area contributed by atoms with Crippen LogP contribution in [0.1, 0.15) is 19.8 Å². The lowest BCUT2D eigenvalue weighted by atomic mass is 9.81. The molecular weight excluding hydrogens is 220 g/mol. The van der Waals surface area contributed by atoms with Crippen molar-refractivity contribution >= 4 is 16.1 Å². The van der Waals surface area contributed by atoms with Crippen LogP contribution in [-0.2, 0) is 23.8 Å². The van der Waals surface area contributed by atoms with Crippen molar-refractivity contribution in [3.63, 3.8) is 0 Å². The summed E-state index contributed by atoms with van der Waals surface area (Å²) >= 11 is 0. The van der Waals surface area contributed by atoms with E-state index >= 15 is 0 Å². The van der Waals surface area contributed by atoms with Crippen LogP contribution in [0.25, 0.3) is 0 Å². The lowest BCUT2D eigenvalue weighted by Crippen LogP contribution is -2.37. The molecule has 0 aromatic rings. The number of hydrogen-bond acceptors (Lipinski definition) is 5. The van der Waals surface area contributed by atoms with Crippen LogP contribution in [0, 0.1) is 11.8 Å². The predicted molar refractivity (Wildman–Crippen MR) is 51.5 cm³/mol. The second-order valence-electron chi connectivity index (χ2n) is 4.34. The first kappa shape index (κ1) is 10.9. The van der Waals surface area contributed by atoms with Crippen LogP contribution in [0.4, 0.5) is 0 Å². The van der Waals surface area contributed by atoms with E-state index in [1.54, 1.807) is 0 Å². The van der Waals surface area contributed by atoms with Crippen LogP contribution in [0.2, 0.25) is 0 Å². The molecule has 1 saturated carbocycles. The van der Waals surface area contributed by atoms with E-state index < -0.39 is 16.2 Å². The maximum absolute atomic E-state index is 11.3. The Bertz CT molecular complexity index is 374. The molecule has 6 heteroatoms. The van der Waals surface area contributed by atoms with Gasteiger partial charge in [0.25, 0.3) is 10.1 Å². The zero-order valence-electron chi connectivity index (χ0n) is 8.67. The fourth-order valence-electron chi connectivity index (χ4n) is 2.27. The highest BCUT2D eigenvalue weighted by molar-refractivity contribution is 7.86. The van der Waals surface area contributed by atoms with Crippen molar-refractivity contribution in [1.29, 1.82) is 0 Å². The summed E-state index contributed by atoms with van der Waals surface area (Å²) in [6, 6.07) is 0. The van der Waals surface area contributed by atoms with Crippen molar-refractivity contribution < 1.29 is 22.1 Å². The third-order valence-electron chi connectivity index (χ3n) is 3.11. The molecule has 0 radical (unpaired) electrons. The van der Waals surface area contributed by atoms with Crippen molar-refractivity contribution in [2.24, 2.45) is 11.8 Å². The van der Waals surface area contributed by atoms with Gasteiger partial charge in [0, 0.05) is 5.92 Å². The Balaban J connectivity index is 2.12. The molecule has 1 saturated heterocycles. The second kappa shape index (κ2) is 3.45. The Kier molecular flexibility index (Phi) is 2.50. The van der Waals surface area contributed by atoms with Crippen molar-refractivity contribution in [1.82, 2.24) is 0 Å². The van der Waals surface area contributed by atoms with Crippen molar-refractivity contribution in [3.8, 4) is 0 Å². The highest BCUT2D eigenvalue weighted by Crippen LogP contribution is 2.39. The molecule has 0 aromatic heterocycles. The minimum absolute atomic E-state index is 0.0533. The van der Waals surface area contributed by atoms with Gasteiger partial charge in [0.15, 0.2) is 0 Å². The molecule has 4 atom stereocenters. The van der Waals surface area contributed by atoms with Gasteiger partial charge in [-0.25, -0.2) is 0 Å². The molecule has 2 aliphatic rings. The monoisotopic (exact) mass is 234 g/mol. The SMILES string of the molecule is C[C@@H]1[C@H]2C[C@@H](C[C@H]1OS(C)(=O)=O)C(=O)O2. The highest BCUT2D eigenvalue weighted by Gasteiger charge is 2.47. The normalized spacial score (nSPS) is 40.3. The molecule has 2 rings (SSSR count). The molecule has 2 bridgehead atoms. The van der Waals surface area contributed by atoms with Crippen LogP contribution in [-0.4, -0.2) is 32.9 Å². The number of ether oxygens (including phenoxy) is 1. The number of rotatable bonds is 2. The standard InChI is InChI=1S/C9H14O5S/c1-5-7-3-6(9(10)13-7)4-8(5)14-15(2,11)12/h5-8H,3-4H2,1-2H3/t5-,6+,7-,8-/m1/s1. The number of fused-ring (bicyclic) bond motifs is 2. The van der Waals surface area contributed by atoms with Gasteiger partial charge in [-0.3, -0.25) is 8.98 Å². The summed E-state index contributed by atoms with van der Waals surface area (Å²) in [5.41, 5.74) is 0. The minimum Gasteiger partial charge on any atom is -0.462 e. The quantitative estimate of drug-likeness (QED) is 0.508. The van der Waals surface area contributed by atoms with E-state index in [0.717, 1.165) is 6.26 Å². The minimum atomic E-state index is -3.46. The molecule has 1 aliphatic carbocycles. The lowest BCUT2D eigenvalue weighted by molar-refractivity contribution is -0.144. The van der Waals surface area contributed by atoms with Gasteiger partial charge in [0.05, 0.1) is 18.3 Å². The average molecular weight is 234 g/mol. The van der Waals surface area contributed by atoms with Gasteiger partial charge in [-0.2, -0.15) is 8.42 Å². The van der Waals surface area contributed by atoms with Crippen LogP contribution in [0.5, 0.6) is 0 Å². The summed E-state index contributed by atoms with van der Waals surface area (Å²) < 4.78 is 32.1. The first-order valence-corrected chi connectivity index (χ1v) is 6.77. The van der Waals surface area contributed by atoms with E-state index in [9.17, 15) is 13.2 Å². The van der Waals surface area contributed by atoms with Gasteiger partial charge in [-0.15, -0.1) is 0 Å². The van der Waals surface area contributed by atoms with Gasteiger partial charge >= 0.3 is 5.97 Å². The number of carbonyl (C=O) groups is 1. The lowest BCUT2D eigenvalue weighted by Gasteiger charge is -2.30. The number of carbonyl (C=O) groups excluding carboxylic acids is 1. The largest absolute Gasteiger partial charge is 0.462 e. The third kappa shape index (κ3) is 2.15. The van der Waals surface area contributed by atoms with Gasteiger partial charge < -0.3 is 4.74 Å². The fourth-order valence-corrected chi connectivity index (χ4v) is 2.97. The van der Waals surface area contributed by atoms with Gasteiger partial charge in [-0.1, -0.05) is 6.92 Å². The summed E-state index contributed by atoms with van der Waals surface area (Å²) in [6.45, 7) is 1.86. The topological polar surface area (TPSA) is 69.7 Å². The third-order valence-corrected chi connectivity index (χ3v) is 3.70. The molecule has 0 unspecified atom stereocenters. The first-order valence-electron chi connectivity index (χ1n) is 4.95. The van der Waals surface area contributed by atoms with Crippen molar-refractivity contribution in [3.05, 3.63) is 0 Å². The Morgan fingerprint density at radius 2 is 2.07 bits per heavy atom. The van der Waals surface area contributed by atoms with E-state index in [-0.39, 0.29) is 23.9 Å². The molecule has 5 nitrogen and oxygen atoms in total. The van der Waals surface area contributed by atoms with Crippen molar-refractivity contribution in [2.75, 3.05) is 6.26 Å². The predicted octanol–water partition coefficient (Wildman–Crippen LogP) is 0.303. The van der Waals surface area contributed by atoms with E-state index in [1.807, 2.05) is 6.92 Å². The van der Waals surface area contributed by atoms with E-state index in [2.05, 4.69) is 0 Å². The van der Waals surface area contributed by atoms with E-state index in [4.69, 9.17) is 8.92 Å². The molecule has 0 N–H and O–H groups in total. The van der Waals surface area contributed by atoms with E-state index in [1.165, 1.54) is 0 Å². The summed E-state index contributed by atoms with van der Waals surface area (Å²) in [5, 5.41) is 0. The molecule has 86 valence electrons. The molecule has 1 heterocycles. The molecule has 0 amide bonds. The molecule has 15 heavy (non-hydrogen) atoms. The van der Waals surface area contributed by atoms with Crippen LogP contribution in [0.15, 0.2) is 0 Å². The summed E-state index contributed by atoms with van der Waals surface area (Å²) in [7, 11) is -3.46. The van der Waals surface area contributed by atoms with Crippen LogP contribution in [0.3, 0.4) is 0 Å². The fraction of sp³-hybridized carbons (Fsp3) is 0.889. The number of hydrogen-bond donors (Lipinski definition) is 0. The van der Waals surface area contributed by atoms with Gasteiger partial charge in [0.2, 0.25) is 0 Å². The maximum atomic E-state index is 11.3. The van der Waals surface area contributed by atoms with E-state index in [0.29, 0.717) is 12.8 Å². The zero-order chi connectivity index (χ0) is 11.2. The zero-order valence-corrected chi connectivity index (χ0v) is 9.49. The Morgan fingerprint density at radius 1 is 1.40 bits per heavy atom. The number of esters is 1. The first-order chi connectivity index (χ1) is 6.87. The highest BCUT2D eigenvalue weighted by atomic mass is 32.2. The smallest absolute Gasteiger partial charge is 0.309 e. The molecule has 0 spiro atoms. The molecule has 1 aliphatic heterocycles. The maximum Gasteiger partial charge on any atom is 0.309 e. The van der Waals surface area contributed by atoms with Gasteiger partial charge in [-0.05, 0) is 12.8 Å². The molecular formula is C9H14O5S. The summed E-state index contributed by atoms with van der Waals surface area (Å²) in [5.74, 6) is -0.452. The molecule has 0 aromatic carbocycles. The van der Waals surface area contributed by atoms with Gasteiger partial charge in [0.1, 0.15) is 6.10 Å². The summed E-state index contributed by atoms with van der Waals surface area (Å²) in [4.78, 5) is 11.3. The average Bonchev–Trinajstić information content (AvgIpc) is 2.38. The molecule has 2 fully saturated rings. The van der Waals surface area contributed by atoms with Crippen LogP contribution >= 0.6 is 0 Å².